The molecule has 0 spiro atoms. The summed E-state index contributed by atoms with van der Waals surface area (Å²) in [5.74, 6) is -0.627. The fourth-order valence-corrected chi connectivity index (χ4v) is 4.44. The molecule has 0 radical (unpaired) electrons. The molecule has 0 aliphatic carbocycles. The fourth-order valence-electron chi connectivity index (χ4n) is 4.44. The van der Waals surface area contributed by atoms with Crippen LogP contribution in [-0.2, 0) is 13.0 Å². The van der Waals surface area contributed by atoms with Crippen LogP contribution in [0.15, 0.2) is 78.9 Å². The van der Waals surface area contributed by atoms with E-state index in [9.17, 15) is 9.18 Å². The van der Waals surface area contributed by atoms with Gasteiger partial charge in [0.15, 0.2) is 0 Å². The number of pyridine rings is 1. The van der Waals surface area contributed by atoms with Gasteiger partial charge < -0.3 is 15.2 Å². The van der Waals surface area contributed by atoms with Gasteiger partial charge in [0, 0.05) is 46.3 Å². The smallest absolute Gasteiger partial charge is 0.255 e. The molecule has 0 saturated carbocycles. The predicted molar refractivity (Wildman–Crippen MR) is 139 cm³/mol. The zero-order chi connectivity index (χ0) is 24.4. The number of amides is 1. The molecular formula is C29H27FN4O. The summed E-state index contributed by atoms with van der Waals surface area (Å²) < 4.78 is 13.2. The minimum absolute atomic E-state index is 0.263. The Hall–Kier alpha value is -4.03. The Morgan fingerprint density at radius 1 is 1.03 bits per heavy atom. The molecule has 0 fully saturated rings. The van der Waals surface area contributed by atoms with Gasteiger partial charge in [0.05, 0.1) is 11.2 Å². The van der Waals surface area contributed by atoms with E-state index < -0.39 is 0 Å². The number of hydrogen-bond donors (Lipinski definition) is 2. The molecular weight excluding hydrogens is 439 g/mol. The second-order valence-corrected chi connectivity index (χ2v) is 8.93. The number of H-pyrrole nitrogens is 1. The Labute approximate surface area is 203 Å². The lowest BCUT2D eigenvalue weighted by atomic mass is 10.1. The normalized spacial score (nSPS) is 11.4. The first-order chi connectivity index (χ1) is 17.0. The average Bonchev–Trinajstić information content (AvgIpc) is 3.17. The van der Waals surface area contributed by atoms with Gasteiger partial charge in [-0.3, -0.25) is 9.78 Å². The van der Waals surface area contributed by atoms with Crippen LogP contribution in [0.3, 0.4) is 0 Å². The highest BCUT2D eigenvalue weighted by molar-refractivity contribution is 6.05. The largest absolute Gasteiger partial charge is 0.358 e. The lowest BCUT2D eigenvalue weighted by molar-refractivity contribution is 0.102. The highest BCUT2D eigenvalue weighted by Crippen LogP contribution is 2.26. The van der Waals surface area contributed by atoms with Gasteiger partial charge in [-0.05, 0) is 80.6 Å². The minimum Gasteiger partial charge on any atom is -0.358 e. The molecule has 0 bridgehead atoms. The number of nitrogens with one attached hydrogen (secondary N) is 2. The van der Waals surface area contributed by atoms with Gasteiger partial charge in [-0.2, -0.15) is 0 Å². The average molecular weight is 467 g/mol. The Morgan fingerprint density at radius 3 is 2.66 bits per heavy atom. The van der Waals surface area contributed by atoms with E-state index in [2.05, 4.69) is 47.4 Å². The summed E-state index contributed by atoms with van der Waals surface area (Å²) in [6.07, 6.45) is 0.866. The van der Waals surface area contributed by atoms with Crippen molar-refractivity contribution in [1.29, 1.82) is 0 Å². The number of likely N-dealkylation sites (N-methyl/N-ethyl adjacent to an activating group) is 1. The summed E-state index contributed by atoms with van der Waals surface area (Å²) >= 11 is 0. The molecule has 0 atom stereocenters. The highest BCUT2D eigenvalue weighted by atomic mass is 19.1. The fraction of sp³-hybridized carbons (Fsp3) is 0.172. The van der Waals surface area contributed by atoms with Crippen LogP contribution in [0.2, 0.25) is 0 Å². The maximum Gasteiger partial charge on any atom is 0.255 e. The second kappa shape index (κ2) is 9.68. The first-order valence-electron chi connectivity index (χ1n) is 11.7. The quantitative estimate of drug-likeness (QED) is 0.305. The Bertz CT molecular complexity index is 1510. The van der Waals surface area contributed by atoms with Gasteiger partial charge in [-0.15, -0.1) is 0 Å². The number of rotatable bonds is 7. The van der Waals surface area contributed by atoms with E-state index >= 15 is 0 Å². The van der Waals surface area contributed by atoms with Crippen LogP contribution < -0.4 is 5.32 Å². The molecule has 2 aromatic heterocycles. The molecule has 5 nitrogen and oxygen atoms in total. The van der Waals surface area contributed by atoms with E-state index in [4.69, 9.17) is 4.98 Å². The number of aryl methyl sites for hydroxylation is 1. The molecule has 35 heavy (non-hydrogen) atoms. The summed E-state index contributed by atoms with van der Waals surface area (Å²) in [7, 11) is 2.11. The van der Waals surface area contributed by atoms with Crippen LogP contribution >= 0.6 is 0 Å². The van der Waals surface area contributed by atoms with Crippen molar-refractivity contribution in [3.8, 4) is 0 Å². The zero-order valence-corrected chi connectivity index (χ0v) is 19.8. The molecule has 1 amide bonds. The summed E-state index contributed by atoms with van der Waals surface area (Å²) in [5.41, 5.74) is 6.59. The van der Waals surface area contributed by atoms with Gasteiger partial charge in [-0.1, -0.05) is 24.3 Å². The molecule has 176 valence electrons. The number of carbonyl (C=O) groups is 1. The van der Waals surface area contributed by atoms with Crippen LogP contribution in [0.4, 0.5) is 10.1 Å². The van der Waals surface area contributed by atoms with E-state index in [1.807, 2.05) is 36.4 Å². The molecule has 0 aliphatic heterocycles. The van der Waals surface area contributed by atoms with Crippen LogP contribution in [0.5, 0.6) is 0 Å². The zero-order valence-electron chi connectivity index (χ0n) is 19.8. The third kappa shape index (κ3) is 5.08. The van der Waals surface area contributed by atoms with E-state index in [0.29, 0.717) is 11.3 Å². The van der Waals surface area contributed by atoms with Crippen molar-refractivity contribution in [2.45, 2.75) is 19.9 Å². The molecule has 3 aromatic carbocycles. The van der Waals surface area contributed by atoms with Gasteiger partial charge in [0.2, 0.25) is 0 Å². The first-order valence-corrected chi connectivity index (χ1v) is 11.7. The SMILES string of the molecule is Cc1[nH]c2ccc(NC(=O)c3ccc(F)cc3)cc2c1CCN(C)Cc1ccc2ccccc2n1. The number of hydrogen-bond acceptors (Lipinski definition) is 3. The van der Waals surface area contributed by atoms with Crippen LogP contribution in [0, 0.1) is 12.7 Å². The molecule has 0 unspecified atom stereocenters. The molecule has 5 aromatic rings. The topological polar surface area (TPSA) is 61.0 Å². The van der Waals surface area contributed by atoms with Gasteiger partial charge in [0.25, 0.3) is 5.91 Å². The summed E-state index contributed by atoms with van der Waals surface area (Å²) in [5, 5.41) is 5.17. The Morgan fingerprint density at radius 2 is 1.83 bits per heavy atom. The number of carbonyl (C=O) groups excluding carboxylic acids is 1. The van der Waals surface area contributed by atoms with E-state index in [1.54, 1.807) is 0 Å². The van der Waals surface area contributed by atoms with Gasteiger partial charge in [0.1, 0.15) is 5.82 Å². The maximum absolute atomic E-state index is 13.2. The third-order valence-electron chi connectivity index (χ3n) is 6.32. The number of nitrogens with zero attached hydrogens (tertiary/aromatic N) is 2. The molecule has 5 rings (SSSR count). The van der Waals surface area contributed by atoms with Crippen molar-refractivity contribution >= 4 is 33.4 Å². The number of aromatic amines is 1. The number of halogens is 1. The molecule has 0 saturated heterocycles. The number of fused-ring (bicyclic) bond motifs is 2. The van der Waals surface area contributed by atoms with Crippen molar-refractivity contribution < 1.29 is 9.18 Å². The van der Waals surface area contributed by atoms with Crippen molar-refractivity contribution in [2.24, 2.45) is 0 Å². The lowest BCUT2D eigenvalue weighted by Crippen LogP contribution is -2.21. The predicted octanol–water partition coefficient (Wildman–Crippen LogP) is 6.09. The van der Waals surface area contributed by atoms with Gasteiger partial charge in [-0.25, -0.2) is 4.39 Å². The highest BCUT2D eigenvalue weighted by Gasteiger charge is 2.13. The summed E-state index contributed by atoms with van der Waals surface area (Å²) in [4.78, 5) is 23.1. The van der Waals surface area contributed by atoms with E-state index in [-0.39, 0.29) is 11.7 Å². The van der Waals surface area contributed by atoms with Crippen LogP contribution in [0.1, 0.15) is 27.3 Å². The number of para-hydroxylation sites is 1. The Kier molecular flexibility index (Phi) is 6.29. The molecule has 0 aliphatic rings. The first kappa shape index (κ1) is 22.7. The minimum atomic E-state index is -0.364. The van der Waals surface area contributed by atoms with Crippen molar-refractivity contribution in [3.63, 3.8) is 0 Å². The van der Waals surface area contributed by atoms with Gasteiger partial charge >= 0.3 is 0 Å². The number of benzene rings is 3. The maximum atomic E-state index is 13.2. The summed E-state index contributed by atoms with van der Waals surface area (Å²) in [6.45, 7) is 3.72. The van der Waals surface area contributed by atoms with Crippen LogP contribution in [0.25, 0.3) is 21.8 Å². The van der Waals surface area contributed by atoms with Crippen molar-refractivity contribution in [1.82, 2.24) is 14.9 Å². The second-order valence-electron chi connectivity index (χ2n) is 8.93. The van der Waals surface area contributed by atoms with Crippen molar-refractivity contribution in [2.75, 3.05) is 18.9 Å². The molecule has 6 heteroatoms. The molecule has 2 N–H and O–H groups in total. The van der Waals surface area contributed by atoms with Crippen molar-refractivity contribution in [3.05, 3.63) is 107 Å². The standard InChI is InChI=1S/C29H27FN4O/c1-19-25(15-16-34(2)18-24-12-9-20-5-3-4-6-27(20)32-24)26-17-23(13-14-28(26)31-19)33-29(35)21-7-10-22(30)11-8-21/h3-14,17,31H,15-16,18H2,1-2H3,(H,33,35). The lowest BCUT2D eigenvalue weighted by Gasteiger charge is -2.16. The molecule has 2 heterocycles. The van der Waals surface area contributed by atoms with E-state index in [0.717, 1.165) is 52.7 Å². The monoisotopic (exact) mass is 466 g/mol. The number of anilines is 1. The van der Waals surface area contributed by atoms with E-state index in [1.165, 1.54) is 29.8 Å². The summed E-state index contributed by atoms with van der Waals surface area (Å²) in [6, 6.07) is 23.8. The Balaban J connectivity index is 1.28. The third-order valence-corrected chi connectivity index (χ3v) is 6.32. The van der Waals surface area contributed by atoms with Crippen LogP contribution in [-0.4, -0.2) is 34.4 Å². The number of aromatic nitrogens is 2.